The van der Waals surface area contributed by atoms with Crippen LogP contribution < -0.4 is 14.8 Å². The van der Waals surface area contributed by atoms with Crippen molar-refractivity contribution in [3.63, 3.8) is 0 Å². The number of benzene rings is 1. The van der Waals surface area contributed by atoms with Crippen LogP contribution in [0.3, 0.4) is 0 Å². The molecular weight excluding hydrogens is 270 g/mol. The molecular formula is C13H16ClNO4. The van der Waals surface area contributed by atoms with Gasteiger partial charge in [-0.15, -0.1) is 0 Å². The van der Waals surface area contributed by atoms with E-state index in [-0.39, 0.29) is 6.42 Å². The van der Waals surface area contributed by atoms with Crippen LogP contribution in [0.15, 0.2) is 12.1 Å². The van der Waals surface area contributed by atoms with Gasteiger partial charge in [0.05, 0.1) is 24.7 Å². The van der Waals surface area contributed by atoms with Crippen molar-refractivity contribution in [2.24, 2.45) is 0 Å². The van der Waals surface area contributed by atoms with E-state index in [1.165, 1.54) is 0 Å². The predicted molar refractivity (Wildman–Crippen MR) is 71.0 cm³/mol. The number of carbonyl (C=O) groups is 1. The normalized spacial score (nSPS) is 13.9. The Bertz CT molecular complexity index is 464. The van der Waals surface area contributed by atoms with Gasteiger partial charge in [0.15, 0.2) is 11.5 Å². The quantitative estimate of drug-likeness (QED) is 0.811. The van der Waals surface area contributed by atoms with Gasteiger partial charge in [0.2, 0.25) is 0 Å². The molecule has 2 rings (SSSR count). The smallest absolute Gasteiger partial charge is 0.304 e. The molecule has 1 aromatic rings. The van der Waals surface area contributed by atoms with E-state index in [9.17, 15) is 4.79 Å². The number of rotatable bonds is 5. The minimum absolute atomic E-state index is 0.0955. The number of carboxylic acids is 1. The lowest BCUT2D eigenvalue weighted by Gasteiger charge is -2.12. The first kappa shape index (κ1) is 14.0. The lowest BCUT2D eigenvalue weighted by atomic mass is 10.2. The minimum atomic E-state index is -0.816. The molecule has 1 aliphatic rings. The van der Waals surface area contributed by atoms with Crippen molar-refractivity contribution >= 4 is 17.6 Å². The SMILES string of the molecule is O=C(O)CCNCc1cc(Cl)c2c(c1)OCCCO2. The zero-order chi connectivity index (χ0) is 13.7. The molecule has 2 N–H and O–H groups in total. The van der Waals surface area contributed by atoms with E-state index in [0.717, 1.165) is 12.0 Å². The average Bonchev–Trinajstić information content (AvgIpc) is 2.60. The lowest BCUT2D eigenvalue weighted by molar-refractivity contribution is -0.136. The van der Waals surface area contributed by atoms with Crippen molar-refractivity contribution in [3.05, 3.63) is 22.7 Å². The molecule has 0 aliphatic carbocycles. The second-order valence-corrected chi connectivity index (χ2v) is 4.68. The lowest BCUT2D eigenvalue weighted by Crippen LogP contribution is -2.17. The molecule has 1 aliphatic heterocycles. The molecule has 0 radical (unpaired) electrons. The van der Waals surface area contributed by atoms with Crippen LogP contribution >= 0.6 is 11.6 Å². The highest BCUT2D eigenvalue weighted by Gasteiger charge is 2.15. The first-order valence-corrected chi connectivity index (χ1v) is 6.55. The second kappa shape index (κ2) is 6.63. The van der Waals surface area contributed by atoms with Gasteiger partial charge in [-0.25, -0.2) is 0 Å². The molecule has 19 heavy (non-hydrogen) atoms. The van der Waals surface area contributed by atoms with E-state index in [2.05, 4.69) is 5.32 Å². The summed E-state index contributed by atoms with van der Waals surface area (Å²) in [5, 5.41) is 12.1. The van der Waals surface area contributed by atoms with E-state index in [4.69, 9.17) is 26.2 Å². The Labute approximate surface area is 116 Å². The molecule has 0 unspecified atom stereocenters. The van der Waals surface area contributed by atoms with Crippen LogP contribution in [0, 0.1) is 0 Å². The van der Waals surface area contributed by atoms with Gasteiger partial charge in [-0.3, -0.25) is 4.79 Å². The highest BCUT2D eigenvalue weighted by Crippen LogP contribution is 2.37. The van der Waals surface area contributed by atoms with E-state index in [1.807, 2.05) is 12.1 Å². The topological polar surface area (TPSA) is 67.8 Å². The molecule has 0 spiro atoms. The number of fused-ring (bicyclic) bond motifs is 1. The highest BCUT2D eigenvalue weighted by atomic mass is 35.5. The molecule has 1 heterocycles. The Hall–Kier alpha value is -1.46. The van der Waals surface area contributed by atoms with Gasteiger partial charge in [0.1, 0.15) is 0 Å². The van der Waals surface area contributed by atoms with Gasteiger partial charge in [-0.05, 0) is 17.7 Å². The van der Waals surface area contributed by atoms with Crippen molar-refractivity contribution in [1.29, 1.82) is 0 Å². The molecule has 1 aromatic carbocycles. The van der Waals surface area contributed by atoms with Crippen molar-refractivity contribution < 1.29 is 19.4 Å². The van der Waals surface area contributed by atoms with Crippen molar-refractivity contribution in [2.45, 2.75) is 19.4 Å². The maximum absolute atomic E-state index is 10.4. The van der Waals surface area contributed by atoms with Crippen molar-refractivity contribution in [2.75, 3.05) is 19.8 Å². The zero-order valence-electron chi connectivity index (χ0n) is 10.4. The summed E-state index contributed by atoms with van der Waals surface area (Å²) in [6, 6.07) is 3.68. The Morgan fingerprint density at radius 3 is 2.95 bits per heavy atom. The minimum Gasteiger partial charge on any atom is -0.489 e. The summed E-state index contributed by atoms with van der Waals surface area (Å²) >= 11 is 6.16. The average molecular weight is 286 g/mol. The Kier molecular flexibility index (Phi) is 4.87. The number of hydrogen-bond acceptors (Lipinski definition) is 4. The van der Waals surface area contributed by atoms with Crippen LogP contribution in [-0.2, 0) is 11.3 Å². The van der Waals surface area contributed by atoms with E-state index >= 15 is 0 Å². The molecule has 0 amide bonds. The van der Waals surface area contributed by atoms with Crippen molar-refractivity contribution in [3.8, 4) is 11.5 Å². The third-order valence-corrected chi connectivity index (χ3v) is 2.99. The molecule has 0 bridgehead atoms. The standard InChI is InChI=1S/C13H16ClNO4/c14-10-6-9(8-15-3-2-12(16)17)7-11-13(10)19-5-1-4-18-11/h6-7,15H,1-5,8H2,(H,16,17). The van der Waals surface area contributed by atoms with Gasteiger partial charge in [0.25, 0.3) is 0 Å². The van der Waals surface area contributed by atoms with E-state index in [0.29, 0.717) is 42.8 Å². The monoisotopic (exact) mass is 285 g/mol. The number of carboxylic acid groups (broad SMARTS) is 1. The fraction of sp³-hybridized carbons (Fsp3) is 0.462. The summed E-state index contributed by atoms with van der Waals surface area (Å²) in [7, 11) is 0. The van der Waals surface area contributed by atoms with Crippen LogP contribution in [0.4, 0.5) is 0 Å². The van der Waals surface area contributed by atoms with Gasteiger partial charge in [-0.1, -0.05) is 11.6 Å². The third kappa shape index (κ3) is 4.01. The first-order valence-electron chi connectivity index (χ1n) is 6.17. The van der Waals surface area contributed by atoms with Gasteiger partial charge >= 0.3 is 5.97 Å². The summed E-state index contributed by atoms with van der Waals surface area (Å²) in [4.78, 5) is 10.4. The molecule has 0 atom stereocenters. The molecule has 0 fully saturated rings. The van der Waals surface area contributed by atoms with Crippen LogP contribution in [0.2, 0.25) is 5.02 Å². The van der Waals surface area contributed by atoms with Crippen LogP contribution in [0.25, 0.3) is 0 Å². The van der Waals surface area contributed by atoms with Gasteiger partial charge in [0, 0.05) is 19.5 Å². The van der Waals surface area contributed by atoms with E-state index < -0.39 is 5.97 Å². The summed E-state index contributed by atoms with van der Waals surface area (Å²) < 4.78 is 11.1. The summed E-state index contributed by atoms with van der Waals surface area (Å²) in [6.45, 7) is 2.17. The molecule has 104 valence electrons. The third-order valence-electron chi connectivity index (χ3n) is 2.71. The fourth-order valence-corrected chi connectivity index (χ4v) is 2.10. The molecule has 6 heteroatoms. The zero-order valence-corrected chi connectivity index (χ0v) is 11.2. The molecule has 0 saturated carbocycles. The maximum Gasteiger partial charge on any atom is 0.304 e. The number of hydrogen-bond donors (Lipinski definition) is 2. The fourth-order valence-electron chi connectivity index (χ4n) is 1.81. The van der Waals surface area contributed by atoms with Crippen LogP contribution in [0.1, 0.15) is 18.4 Å². The van der Waals surface area contributed by atoms with Gasteiger partial charge in [-0.2, -0.15) is 0 Å². The molecule has 0 aromatic heterocycles. The van der Waals surface area contributed by atoms with E-state index in [1.54, 1.807) is 0 Å². The summed E-state index contributed by atoms with van der Waals surface area (Å²) in [6.07, 6.45) is 0.926. The number of aliphatic carboxylic acids is 1. The summed E-state index contributed by atoms with van der Waals surface area (Å²) in [5.74, 6) is 0.428. The molecule has 0 saturated heterocycles. The largest absolute Gasteiger partial charge is 0.489 e. The number of ether oxygens (including phenoxy) is 2. The Morgan fingerprint density at radius 1 is 1.37 bits per heavy atom. The Balaban J connectivity index is 2.00. The second-order valence-electron chi connectivity index (χ2n) is 4.28. The number of halogens is 1. The van der Waals surface area contributed by atoms with Crippen LogP contribution in [-0.4, -0.2) is 30.8 Å². The summed E-state index contributed by atoms with van der Waals surface area (Å²) in [5.41, 5.74) is 0.944. The number of nitrogens with one attached hydrogen (secondary N) is 1. The maximum atomic E-state index is 10.4. The predicted octanol–water partition coefficient (Wildman–Crippen LogP) is 2.07. The highest BCUT2D eigenvalue weighted by molar-refractivity contribution is 6.32. The van der Waals surface area contributed by atoms with Crippen molar-refractivity contribution in [1.82, 2.24) is 5.32 Å². The van der Waals surface area contributed by atoms with Crippen LogP contribution in [0.5, 0.6) is 11.5 Å². The first-order chi connectivity index (χ1) is 9.16. The molecule has 5 nitrogen and oxygen atoms in total. The van der Waals surface area contributed by atoms with Gasteiger partial charge < -0.3 is 19.9 Å². The Morgan fingerprint density at radius 2 is 2.16 bits per heavy atom.